The first-order valence-corrected chi connectivity index (χ1v) is 6.58. The minimum Gasteiger partial charge on any atom is -0.309 e. The van der Waals surface area contributed by atoms with E-state index in [-0.39, 0.29) is 6.04 Å². The summed E-state index contributed by atoms with van der Waals surface area (Å²) in [6.07, 6.45) is 3.63. The van der Waals surface area contributed by atoms with Crippen molar-refractivity contribution in [3.05, 3.63) is 35.4 Å². The molecule has 2 rings (SSSR count). The average molecular weight is 260 g/mol. The van der Waals surface area contributed by atoms with Crippen molar-refractivity contribution >= 4 is 0 Å². The number of aryl methyl sites for hydroxylation is 2. The van der Waals surface area contributed by atoms with E-state index in [1.807, 2.05) is 19.2 Å². The first-order valence-electron chi connectivity index (χ1n) is 6.58. The summed E-state index contributed by atoms with van der Waals surface area (Å²) in [4.78, 5) is 5.84. The topological polar surface area (TPSA) is 68.5 Å². The van der Waals surface area contributed by atoms with Crippen LogP contribution in [0.3, 0.4) is 0 Å². The third-order valence-corrected chi connectivity index (χ3v) is 3.00. The van der Waals surface area contributed by atoms with Crippen LogP contribution in [0.2, 0.25) is 0 Å². The number of nitrogens with zero attached hydrogens (tertiary/aromatic N) is 5. The first kappa shape index (κ1) is 13.6. The molecule has 0 amide bonds. The van der Waals surface area contributed by atoms with E-state index in [9.17, 15) is 0 Å². The summed E-state index contributed by atoms with van der Waals surface area (Å²) >= 11 is 0. The SMILES string of the molecule is CCCNC(Cc1nnn(C)n1)c1cccnc1C. The Bertz CT molecular complexity index is 521. The molecule has 0 spiro atoms. The fourth-order valence-electron chi connectivity index (χ4n) is 2.06. The van der Waals surface area contributed by atoms with Gasteiger partial charge >= 0.3 is 0 Å². The Morgan fingerprint density at radius 1 is 1.42 bits per heavy atom. The van der Waals surface area contributed by atoms with E-state index in [1.54, 1.807) is 7.05 Å². The van der Waals surface area contributed by atoms with Crippen LogP contribution >= 0.6 is 0 Å². The molecule has 0 aliphatic rings. The van der Waals surface area contributed by atoms with Crippen molar-refractivity contribution in [2.45, 2.75) is 32.7 Å². The van der Waals surface area contributed by atoms with Crippen LogP contribution in [0.25, 0.3) is 0 Å². The average Bonchev–Trinajstić information content (AvgIpc) is 2.81. The minimum absolute atomic E-state index is 0.179. The highest BCUT2D eigenvalue weighted by molar-refractivity contribution is 5.23. The van der Waals surface area contributed by atoms with Gasteiger partial charge in [0.1, 0.15) is 0 Å². The number of hydrogen-bond donors (Lipinski definition) is 1. The standard InChI is InChI=1S/C13H20N6/c1-4-7-15-12(9-13-16-18-19(3)17-13)11-6-5-8-14-10(11)2/h5-6,8,12,15H,4,7,9H2,1-3H3. The van der Waals surface area contributed by atoms with E-state index in [0.717, 1.165) is 30.9 Å². The maximum atomic E-state index is 4.35. The summed E-state index contributed by atoms with van der Waals surface area (Å²) in [7, 11) is 1.78. The van der Waals surface area contributed by atoms with Gasteiger partial charge in [-0.15, -0.1) is 10.2 Å². The molecular weight excluding hydrogens is 240 g/mol. The van der Waals surface area contributed by atoms with Crippen molar-refractivity contribution < 1.29 is 0 Å². The van der Waals surface area contributed by atoms with E-state index in [4.69, 9.17) is 0 Å². The monoisotopic (exact) mass is 260 g/mol. The Hall–Kier alpha value is -1.82. The molecule has 0 bridgehead atoms. The second-order valence-corrected chi connectivity index (χ2v) is 4.58. The molecule has 0 saturated heterocycles. The van der Waals surface area contributed by atoms with Crippen LogP contribution in [0.1, 0.15) is 36.5 Å². The predicted octanol–water partition coefficient (Wildman–Crippen LogP) is 1.20. The highest BCUT2D eigenvalue weighted by atomic mass is 15.6. The smallest absolute Gasteiger partial charge is 0.176 e. The number of tetrazole rings is 1. The molecule has 0 aliphatic carbocycles. The number of aromatic nitrogens is 5. The van der Waals surface area contributed by atoms with Crippen molar-refractivity contribution in [2.75, 3.05) is 6.54 Å². The largest absolute Gasteiger partial charge is 0.309 e. The molecule has 6 heteroatoms. The second-order valence-electron chi connectivity index (χ2n) is 4.58. The molecule has 1 N–H and O–H groups in total. The van der Waals surface area contributed by atoms with Gasteiger partial charge in [0.25, 0.3) is 0 Å². The molecule has 0 aromatic carbocycles. The van der Waals surface area contributed by atoms with Crippen LogP contribution in [0.15, 0.2) is 18.3 Å². The van der Waals surface area contributed by atoms with Gasteiger partial charge < -0.3 is 5.32 Å². The van der Waals surface area contributed by atoms with E-state index < -0.39 is 0 Å². The molecule has 2 aromatic rings. The van der Waals surface area contributed by atoms with Gasteiger partial charge in [0.15, 0.2) is 5.82 Å². The van der Waals surface area contributed by atoms with Crippen LogP contribution in [0, 0.1) is 6.92 Å². The lowest BCUT2D eigenvalue weighted by molar-refractivity contribution is 0.513. The Morgan fingerprint density at radius 3 is 2.89 bits per heavy atom. The lowest BCUT2D eigenvalue weighted by Crippen LogP contribution is -2.25. The molecule has 19 heavy (non-hydrogen) atoms. The van der Waals surface area contributed by atoms with Crippen LogP contribution in [-0.4, -0.2) is 31.7 Å². The zero-order valence-electron chi connectivity index (χ0n) is 11.7. The number of pyridine rings is 1. The molecule has 2 aromatic heterocycles. The molecule has 0 saturated carbocycles. The van der Waals surface area contributed by atoms with Gasteiger partial charge in [0.2, 0.25) is 0 Å². The van der Waals surface area contributed by atoms with Gasteiger partial charge in [-0.2, -0.15) is 4.80 Å². The summed E-state index contributed by atoms with van der Waals surface area (Å²) in [6.45, 7) is 5.14. The summed E-state index contributed by atoms with van der Waals surface area (Å²) in [5.74, 6) is 0.749. The quantitative estimate of drug-likeness (QED) is 0.845. The van der Waals surface area contributed by atoms with Crippen LogP contribution in [-0.2, 0) is 13.5 Å². The molecule has 1 atom stereocenters. The highest BCUT2D eigenvalue weighted by Gasteiger charge is 2.16. The van der Waals surface area contributed by atoms with Crippen molar-refractivity contribution in [1.82, 2.24) is 30.5 Å². The van der Waals surface area contributed by atoms with E-state index in [0.29, 0.717) is 0 Å². The normalized spacial score (nSPS) is 12.6. The maximum absolute atomic E-state index is 4.35. The molecule has 102 valence electrons. The van der Waals surface area contributed by atoms with Crippen LogP contribution in [0.5, 0.6) is 0 Å². The maximum Gasteiger partial charge on any atom is 0.176 e. The summed E-state index contributed by atoms with van der Waals surface area (Å²) in [5.41, 5.74) is 2.24. The Morgan fingerprint density at radius 2 is 2.26 bits per heavy atom. The molecule has 0 radical (unpaired) electrons. The predicted molar refractivity (Wildman–Crippen MR) is 72.5 cm³/mol. The van der Waals surface area contributed by atoms with E-state index >= 15 is 0 Å². The van der Waals surface area contributed by atoms with Gasteiger partial charge in [0, 0.05) is 24.4 Å². The minimum atomic E-state index is 0.179. The van der Waals surface area contributed by atoms with E-state index in [1.165, 1.54) is 10.4 Å². The van der Waals surface area contributed by atoms with Gasteiger partial charge in [-0.3, -0.25) is 4.98 Å². The number of hydrogen-bond acceptors (Lipinski definition) is 5. The highest BCUT2D eigenvalue weighted by Crippen LogP contribution is 2.18. The lowest BCUT2D eigenvalue weighted by Gasteiger charge is -2.18. The Balaban J connectivity index is 2.18. The van der Waals surface area contributed by atoms with Crippen molar-refractivity contribution in [1.29, 1.82) is 0 Å². The molecule has 2 heterocycles. The fraction of sp³-hybridized carbons (Fsp3) is 0.538. The van der Waals surface area contributed by atoms with Crippen molar-refractivity contribution in [3.8, 4) is 0 Å². The van der Waals surface area contributed by atoms with Crippen molar-refractivity contribution in [3.63, 3.8) is 0 Å². The Labute approximate surface area is 113 Å². The molecule has 6 nitrogen and oxygen atoms in total. The van der Waals surface area contributed by atoms with Crippen molar-refractivity contribution in [2.24, 2.45) is 7.05 Å². The summed E-state index contributed by atoms with van der Waals surface area (Å²) in [6, 6.07) is 4.25. The summed E-state index contributed by atoms with van der Waals surface area (Å²) in [5, 5.41) is 15.7. The fourth-order valence-corrected chi connectivity index (χ4v) is 2.06. The van der Waals surface area contributed by atoms with Crippen LogP contribution < -0.4 is 5.32 Å². The molecular formula is C13H20N6. The number of nitrogens with one attached hydrogen (secondary N) is 1. The zero-order valence-corrected chi connectivity index (χ0v) is 11.7. The van der Waals surface area contributed by atoms with Gasteiger partial charge in [-0.1, -0.05) is 13.0 Å². The molecule has 0 aliphatic heterocycles. The molecule has 0 fully saturated rings. The van der Waals surface area contributed by atoms with Gasteiger partial charge in [0.05, 0.1) is 7.05 Å². The Kier molecular flexibility index (Phi) is 4.57. The summed E-state index contributed by atoms with van der Waals surface area (Å²) < 4.78 is 0. The van der Waals surface area contributed by atoms with E-state index in [2.05, 4.69) is 38.7 Å². The molecule has 1 unspecified atom stereocenters. The third-order valence-electron chi connectivity index (χ3n) is 3.00. The first-order chi connectivity index (χ1) is 9.20. The number of rotatable bonds is 6. The zero-order chi connectivity index (χ0) is 13.7. The third kappa shape index (κ3) is 3.57. The van der Waals surface area contributed by atoms with Crippen LogP contribution in [0.4, 0.5) is 0 Å². The van der Waals surface area contributed by atoms with Gasteiger partial charge in [-0.25, -0.2) is 0 Å². The van der Waals surface area contributed by atoms with Gasteiger partial charge in [-0.05, 0) is 36.7 Å². The lowest BCUT2D eigenvalue weighted by atomic mass is 10.0. The second kappa shape index (κ2) is 6.38.